The molecule has 0 bridgehead atoms. The second-order valence-corrected chi connectivity index (χ2v) is 6.82. The van der Waals surface area contributed by atoms with Gasteiger partial charge in [0.2, 0.25) is 6.10 Å². The Kier molecular flexibility index (Phi) is 5.14. The first kappa shape index (κ1) is 18.3. The zero-order chi connectivity index (χ0) is 19.5. The lowest BCUT2D eigenvalue weighted by atomic mass is 10.2. The van der Waals surface area contributed by atoms with Crippen LogP contribution in [0.15, 0.2) is 48.5 Å². The van der Waals surface area contributed by atoms with E-state index in [1.165, 1.54) is 12.1 Å². The van der Waals surface area contributed by atoms with Crippen molar-refractivity contribution < 1.29 is 23.5 Å². The molecule has 0 aromatic heterocycles. The molecule has 2 heterocycles. The number of nitrogens with zero attached hydrogens (tertiary/aromatic N) is 2. The van der Waals surface area contributed by atoms with Crippen LogP contribution in [0.4, 0.5) is 4.39 Å². The van der Waals surface area contributed by atoms with Crippen molar-refractivity contribution in [2.45, 2.75) is 12.5 Å². The molecule has 2 amide bonds. The molecular weight excluding hydrogens is 363 g/mol. The molecule has 0 N–H and O–H groups in total. The Morgan fingerprint density at radius 1 is 0.893 bits per heavy atom. The quantitative estimate of drug-likeness (QED) is 0.798. The Balaban J connectivity index is 1.40. The number of benzene rings is 2. The molecule has 146 valence electrons. The minimum atomic E-state index is -0.705. The summed E-state index contributed by atoms with van der Waals surface area (Å²) in [4.78, 5) is 28.8. The molecule has 0 saturated carbocycles. The molecule has 4 rings (SSSR count). The third kappa shape index (κ3) is 3.65. The maximum absolute atomic E-state index is 13.9. The van der Waals surface area contributed by atoms with Crippen molar-refractivity contribution in [2.75, 3.05) is 32.8 Å². The lowest BCUT2D eigenvalue weighted by molar-refractivity contribution is -0.141. The van der Waals surface area contributed by atoms with Gasteiger partial charge in [-0.05, 0) is 30.7 Å². The van der Waals surface area contributed by atoms with Crippen LogP contribution in [0.25, 0.3) is 0 Å². The van der Waals surface area contributed by atoms with Gasteiger partial charge in [-0.3, -0.25) is 9.59 Å². The van der Waals surface area contributed by atoms with Crippen LogP contribution in [0.1, 0.15) is 16.8 Å². The molecule has 1 atom stereocenters. The number of amides is 2. The van der Waals surface area contributed by atoms with Crippen molar-refractivity contribution in [3.05, 3.63) is 59.9 Å². The van der Waals surface area contributed by atoms with Gasteiger partial charge in [-0.2, -0.15) is 0 Å². The molecule has 0 radical (unpaired) electrons. The van der Waals surface area contributed by atoms with Crippen LogP contribution in [0, 0.1) is 5.82 Å². The van der Waals surface area contributed by atoms with Crippen LogP contribution < -0.4 is 9.47 Å². The lowest BCUT2D eigenvalue weighted by Crippen LogP contribution is -2.47. The molecule has 1 saturated heterocycles. The zero-order valence-corrected chi connectivity index (χ0v) is 15.3. The van der Waals surface area contributed by atoms with E-state index in [0.29, 0.717) is 44.1 Å². The van der Waals surface area contributed by atoms with Crippen molar-refractivity contribution in [2.24, 2.45) is 0 Å². The monoisotopic (exact) mass is 384 g/mol. The predicted octanol–water partition coefficient (Wildman–Crippen LogP) is 2.34. The number of hydrogen-bond donors (Lipinski definition) is 0. The molecule has 7 heteroatoms. The van der Waals surface area contributed by atoms with E-state index in [4.69, 9.17) is 9.47 Å². The third-order valence-corrected chi connectivity index (χ3v) is 4.98. The van der Waals surface area contributed by atoms with Crippen molar-refractivity contribution in [3.63, 3.8) is 0 Å². The molecular formula is C21H21FN2O4. The first-order valence-electron chi connectivity index (χ1n) is 9.34. The molecule has 2 aliphatic rings. The van der Waals surface area contributed by atoms with Gasteiger partial charge >= 0.3 is 0 Å². The van der Waals surface area contributed by atoms with Crippen LogP contribution in [0.3, 0.4) is 0 Å². The molecule has 28 heavy (non-hydrogen) atoms. The second kappa shape index (κ2) is 7.88. The molecule has 6 nitrogen and oxygen atoms in total. The average molecular weight is 384 g/mol. The third-order valence-electron chi connectivity index (χ3n) is 4.98. The Bertz CT molecular complexity index is 888. The van der Waals surface area contributed by atoms with Crippen LogP contribution >= 0.6 is 0 Å². The van der Waals surface area contributed by atoms with Gasteiger partial charge in [-0.15, -0.1) is 0 Å². The summed E-state index contributed by atoms with van der Waals surface area (Å²) in [6.45, 7) is 1.87. The molecule has 0 aliphatic carbocycles. The minimum absolute atomic E-state index is 0.0582. The molecule has 2 aromatic carbocycles. The standard InChI is InChI=1S/C21H21FN2O4/c22-16-7-2-1-6-15(16)20(25)23-10-5-11-24(13-12-23)21(26)19-14-27-17-8-3-4-9-18(17)28-19/h1-4,6-9,19H,5,10-14H2. The van der Waals surface area contributed by atoms with E-state index in [9.17, 15) is 14.0 Å². The number of carbonyl (C=O) groups is 2. The smallest absolute Gasteiger partial charge is 0.267 e. The van der Waals surface area contributed by atoms with E-state index in [1.54, 1.807) is 34.1 Å². The Labute approximate surface area is 162 Å². The highest BCUT2D eigenvalue weighted by molar-refractivity contribution is 5.94. The largest absolute Gasteiger partial charge is 0.485 e. The van der Waals surface area contributed by atoms with E-state index < -0.39 is 11.9 Å². The van der Waals surface area contributed by atoms with Crippen molar-refractivity contribution in [1.82, 2.24) is 9.80 Å². The molecule has 2 aromatic rings. The molecule has 1 unspecified atom stereocenters. The van der Waals surface area contributed by atoms with Gasteiger partial charge in [-0.1, -0.05) is 24.3 Å². The fourth-order valence-electron chi connectivity index (χ4n) is 3.49. The van der Waals surface area contributed by atoms with Gasteiger partial charge < -0.3 is 19.3 Å². The maximum Gasteiger partial charge on any atom is 0.267 e. The first-order chi connectivity index (χ1) is 13.6. The normalized spacial score (nSPS) is 19.1. The summed E-state index contributed by atoms with van der Waals surface area (Å²) in [6, 6.07) is 13.2. The number of hydrogen-bond acceptors (Lipinski definition) is 4. The number of para-hydroxylation sites is 2. The summed E-state index contributed by atoms with van der Waals surface area (Å²) < 4.78 is 25.4. The summed E-state index contributed by atoms with van der Waals surface area (Å²) in [5, 5.41) is 0. The van der Waals surface area contributed by atoms with Crippen molar-refractivity contribution >= 4 is 11.8 Å². The van der Waals surface area contributed by atoms with E-state index in [0.717, 1.165) is 0 Å². The van der Waals surface area contributed by atoms with Gasteiger partial charge in [0.1, 0.15) is 12.4 Å². The Hall–Kier alpha value is -3.09. The van der Waals surface area contributed by atoms with Crippen LogP contribution in [-0.2, 0) is 4.79 Å². The van der Waals surface area contributed by atoms with Gasteiger partial charge in [0, 0.05) is 26.2 Å². The molecule has 2 aliphatic heterocycles. The summed E-state index contributed by atoms with van der Waals surface area (Å²) >= 11 is 0. The van der Waals surface area contributed by atoms with E-state index in [-0.39, 0.29) is 24.0 Å². The van der Waals surface area contributed by atoms with Gasteiger partial charge in [0.15, 0.2) is 11.5 Å². The number of fused-ring (bicyclic) bond motifs is 1. The highest BCUT2D eigenvalue weighted by Crippen LogP contribution is 2.31. The molecule has 0 spiro atoms. The summed E-state index contributed by atoms with van der Waals surface area (Å²) in [5.41, 5.74) is 0.0582. The zero-order valence-electron chi connectivity index (χ0n) is 15.3. The van der Waals surface area contributed by atoms with Gasteiger partial charge in [0.25, 0.3) is 11.8 Å². The van der Waals surface area contributed by atoms with Gasteiger partial charge in [0.05, 0.1) is 5.56 Å². The van der Waals surface area contributed by atoms with Crippen LogP contribution in [0.2, 0.25) is 0 Å². The van der Waals surface area contributed by atoms with Gasteiger partial charge in [-0.25, -0.2) is 4.39 Å². The highest BCUT2D eigenvalue weighted by atomic mass is 19.1. The first-order valence-corrected chi connectivity index (χ1v) is 9.34. The topological polar surface area (TPSA) is 59.1 Å². The lowest BCUT2D eigenvalue weighted by Gasteiger charge is -2.30. The second-order valence-electron chi connectivity index (χ2n) is 6.82. The Morgan fingerprint density at radius 3 is 2.39 bits per heavy atom. The minimum Gasteiger partial charge on any atom is -0.485 e. The summed E-state index contributed by atoms with van der Waals surface area (Å²) in [5.74, 6) is 0.145. The highest BCUT2D eigenvalue weighted by Gasteiger charge is 2.32. The Morgan fingerprint density at radius 2 is 1.57 bits per heavy atom. The maximum atomic E-state index is 13.9. The van der Waals surface area contributed by atoms with Crippen LogP contribution in [0.5, 0.6) is 11.5 Å². The van der Waals surface area contributed by atoms with Crippen molar-refractivity contribution in [1.29, 1.82) is 0 Å². The average Bonchev–Trinajstić information content (AvgIpc) is 2.99. The fraction of sp³-hybridized carbons (Fsp3) is 0.333. The van der Waals surface area contributed by atoms with E-state index >= 15 is 0 Å². The number of carbonyl (C=O) groups excluding carboxylic acids is 2. The van der Waals surface area contributed by atoms with E-state index in [2.05, 4.69) is 0 Å². The number of halogens is 1. The summed E-state index contributed by atoms with van der Waals surface area (Å²) in [6.07, 6.45) is -0.0838. The van der Waals surface area contributed by atoms with E-state index in [1.807, 2.05) is 12.1 Å². The van der Waals surface area contributed by atoms with Crippen LogP contribution in [-0.4, -0.2) is 60.5 Å². The fourth-order valence-corrected chi connectivity index (χ4v) is 3.49. The number of rotatable bonds is 2. The summed E-state index contributed by atoms with van der Waals surface area (Å²) in [7, 11) is 0. The van der Waals surface area contributed by atoms with Crippen molar-refractivity contribution in [3.8, 4) is 11.5 Å². The number of ether oxygens (including phenoxy) is 2. The SMILES string of the molecule is O=C(c1ccccc1F)N1CCCN(C(=O)C2COc3ccccc3O2)CC1. The predicted molar refractivity (Wildman–Crippen MR) is 99.9 cm³/mol. The molecule has 1 fully saturated rings.